The number of para-hydroxylation sites is 1. The Morgan fingerprint density at radius 2 is 2.11 bits per heavy atom. The zero-order valence-corrected chi connectivity index (χ0v) is 19.6. The number of nitrogens with zero attached hydrogens (tertiary/aromatic N) is 4. The Hall–Kier alpha value is -4.04. The molecule has 5 aromatic rings. The molecule has 0 bridgehead atoms. The van der Waals surface area contributed by atoms with E-state index in [0.717, 1.165) is 23.2 Å². The molecule has 0 saturated heterocycles. The highest BCUT2D eigenvalue weighted by molar-refractivity contribution is 5.83. The van der Waals surface area contributed by atoms with Crippen molar-refractivity contribution in [3.63, 3.8) is 0 Å². The second-order valence-electron chi connectivity index (χ2n) is 8.29. The fourth-order valence-electron chi connectivity index (χ4n) is 4.18. The number of pyridine rings is 1. The number of aromatic nitrogens is 5. The highest BCUT2D eigenvalue weighted by Crippen LogP contribution is 2.27. The molecule has 2 N–H and O–H groups in total. The van der Waals surface area contributed by atoms with E-state index in [-0.39, 0.29) is 0 Å². The average Bonchev–Trinajstić information content (AvgIpc) is 3.49. The molecule has 0 unspecified atom stereocenters. The first kappa shape index (κ1) is 22.7. The zero-order valence-electron chi connectivity index (χ0n) is 19.6. The van der Waals surface area contributed by atoms with Crippen LogP contribution in [0.1, 0.15) is 24.6 Å². The van der Waals surface area contributed by atoms with Gasteiger partial charge in [-0.05, 0) is 43.0 Å². The molecule has 0 amide bonds. The van der Waals surface area contributed by atoms with Gasteiger partial charge in [-0.1, -0.05) is 24.8 Å². The molecule has 0 atom stereocenters. The van der Waals surface area contributed by atoms with Crippen LogP contribution in [0.25, 0.3) is 33.4 Å². The van der Waals surface area contributed by atoms with E-state index in [4.69, 9.17) is 9.72 Å². The molecular formula is C27H27FN6O. The monoisotopic (exact) mass is 470 g/mol. The van der Waals surface area contributed by atoms with E-state index in [2.05, 4.69) is 39.0 Å². The zero-order chi connectivity index (χ0) is 24.2. The van der Waals surface area contributed by atoms with Crippen LogP contribution in [-0.4, -0.2) is 44.1 Å². The minimum Gasteiger partial charge on any atom is -0.381 e. The summed E-state index contributed by atoms with van der Waals surface area (Å²) in [6.07, 6.45) is 9.96. The number of aromatic amines is 1. The third kappa shape index (κ3) is 4.79. The molecule has 8 heteroatoms. The van der Waals surface area contributed by atoms with Crippen molar-refractivity contribution < 1.29 is 9.13 Å². The first-order chi connectivity index (χ1) is 17.1. The molecule has 0 fully saturated rings. The normalized spacial score (nSPS) is 11.4. The maximum absolute atomic E-state index is 13.9. The summed E-state index contributed by atoms with van der Waals surface area (Å²) in [4.78, 5) is 16.7. The number of benzene rings is 1. The van der Waals surface area contributed by atoms with E-state index >= 15 is 0 Å². The molecule has 4 aromatic heterocycles. The molecular weight excluding hydrogens is 443 g/mol. The fraction of sp³-hybridized carbons (Fsp3) is 0.222. The molecule has 178 valence electrons. The van der Waals surface area contributed by atoms with Crippen LogP contribution in [0.15, 0.2) is 67.9 Å². The van der Waals surface area contributed by atoms with Crippen LogP contribution in [0.4, 0.5) is 10.2 Å². The van der Waals surface area contributed by atoms with Crippen molar-refractivity contribution in [2.75, 3.05) is 25.1 Å². The van der Waals surface area contributed by atoms with Gasteiger partial charge in [0.1, 0.15) is 5.82 Å². The van der Waals surface area contributed by atoms with Gasteiger partial charge >= 0.3 is 0 Å². The first-order valence-electron chi connectivity index (χ1n) is 11.7. The van der Waals surface area contributed by atoms with Gasteiger partial charge in [0, 0.05) is 48.2 Å². The lowest BCUT2D eigenvalue weighted by Crippen LogP contribution is -2.09. The van der Waals surface area contributed by atoms with Crippen LogP contribution in [0.5, 0.6) is 0 Å². The molecule has 0 radical (unpaired) electrons. The van der Waals surface area contributed by atoms with E-state index < -0.39 is 5.82 Å². The number of ether oxygens (including phenoxy) is 1. The summed E-state index contributed by atoms with van der Waals surface area (Å²) in [6, 6.07) is 9.67. The molecule has 0 saturated carbocycles. The summed E-state index contributed by atoms with van der Waals surface area (Å²) in [6.45, 7) is 8.10. The van der Waals surface area contributed by atoms with Gasteiger partial charge in [0.05, 0.1) is 30.4 Å². The summed E-state index contributed by atoms with van der Waals surface area (Å²) in [5.41, 5.74) is 5.99. The summed E-state index contributed by atoms with van der Waals surface area (Å²) in [7, 11) is 0. The molecule has 0 aliphatic rings. The van der Waals surface area contributed by atoms with Crippen molar-refractivity contribution in [3.8, 4) is 11.3 Å². The molecule has 4 heterocycles. The van der Waals surface area contributed by atoms with Crippen molar-refractivity contribution in [1.82, 2.24) is 24.3 Å². The minimum atomic E-state index is -0.412. The topological polar surface area (TPSA) is 80.1 Å². The quantitative estimate of drug-likeness (QED) is 0.263. The van der Waals surface area contributed by atoms with Crippen molar-refractivity contribution in [2.45, 2.75) is 19.8 Å². The Bertz CT molecular complexity index is 1490. The van der Waals surface area contributed by atoms with Crippen molar-refractivity contribution >= 4 is 27.9 Å². The first-order valence-corrected chi connectivity index (χ1v) is 11.7. The van der Waals surface area contributed by atoms with Gasteiger partial charge in [-0.15, -0.1) is 0 Å². The molecule has 0 spiro atoms. The predicted octanol–water partition coefficient (Wildman–Crippen LogP) is 5.51. The Labute approximate surface area is 202 Å². The number of hydrogen-bond acceptors (Lipinski definition) is 5. The lowest BCUT2D eigenvalue weighted by atomic mass is 10.1. The van der Waals surface area contributed by atoms with Gasteiger partial charge in [-0.3, -0.25) is 9.38 Å². The predicted molar refractivity (Wildman–Crippen MR) is 137 cm³/mol. The minimum absolute atomic E-state index is 0.412. The van der Waals surface area contributed by atoms with Gasteiger partial charge in [0.2, 0.25) is 0 Å². The largest absolute Gasteiger partial charge is 0.381 e. The third-order valence-corrected chi connectivity index (χ3v) is 5.97. The second kappa shape index (κ2) is 10.1. The second-order valence-corrected chi connectivity index (χ2v) is 8.29. The fourth-order valence-corrected chi connectivity index (χ4v) is 4.18. The molecule has 7 nitrogen and oxygen atoms in total. The average molecular weight is 471 g/mol. The van der Waals surface area contributed by atoms with Crippen LogP contribution < -0.4 is 5.32 Å². The standard InChI is InChI=1S/C27H27FN6O/c1-3-35-11-9-18(2)25-16-32-27-26(30-10-8-19-14-31-23-7-5-4-6-22(19)23)33-24(17-34(25)27)20-12-21(28)15-29-13-20/h4-7,12-17,31H,2-3,8-11H2,1H3,(H,30,33). The van der Waals surface area contributed by atoms with Crippen molar-refractivity contribution in [1.29, 1.82) is 0 Å². The highest BCUT2D eigenvalue weighted by atomic mass is 19.1. The number of imidazole rings is 1. The molecule has 35 heavy (non-hydrogen) atoms. The number of nitrogens with one attached hydrogen (secondary N) is 2. The van der Waals surface area contributed by atoms with Gasteiger partial charge in [0.15, 0.2) is 11.5 Å². The van der Waals surface area contributed by atoms with Crippen LogP contribution in [0.3, 0.4) is 0 Å². The highest BCUT2D eigenvalue weighted by Gasteiger charge is 2.15. The molecule has 0 aliphatic carbocycles. The van der Waals surface area contributed by atoms with Crippen LogP contribution in [0.2, 0.25) is 0 Å². The Kier molecular flexibility index (Phi) is 6.54. The number of halogens is 1. The number of hydrogen-bond donors (Lipinski definition) is 2. The van der Waals surface area contributed by atoms with E-state index in [1.807, 2.05) is 35.9 Å². The third-order valence-electron chi connectivity index (χ3n) is 5.97. The van der Waals surface area contributed by atoms with E-state index in [9.17, 15) is 4.39 Å². The van der Waals surface area contributed by atoms with E-state index in [1.54, 1.807) is 12.4 Å². The number of rotatable bonds is 10. The van der Waals surface area contributed by atoms with Gasteiger partial charge in [-0.2, -0.15) is 0 Å². The molecule has 5 rings (SSSR count). The van der Waals surface area contributed by atoms with Gasteiger partial charge in [0.25, 0.3) is 0 Å². The summed E-state index contributed by atoms with van der Waals surface area (Å²) < 4.78 is 21.4. The van der Waals surface area contributed by atoms with Crippen LogP contribution >= 0.6 is 0 Å². The van der Waals surface area contributed by atoms with E-state index in [0.29, 0.717) is 48.9 Å². The summed E-state index contributed by atoms with van der Waals surface area (Å²) in [5, 5.41) is 4.65. The number of H-pyrrole nitrogens is 1. The lowest BCUT2D eigenvalue weighted by molar-refractivity contribution is 0.154. The van der Waals surface area contributed by atoms with Gasteiger partial charge in [-0.25, -0.2) is 14.4 Å². The van der Waals surface area contributed by atoms with Crippen molar-refractivity contribution in [3.05, 3.63) is 85.0 Å². The Balaban J connectivity index is 1.47. The number of anilines is 1. The van der Waals surface area contributed by atoms with Crippen molar-refractivity contribution in [2.24, 2.45) is 0 Å². The van der Waals surface area contributed by atoms with Crippen LogP contribution in [0, 0.1) is 5.82 Å². The lowest BCUT2D eigenvalue weighted by Gasteiger charge is -2.12. The Morgan fingerprint density at radius 1 is 1.23 bits per heavy atom. The smallest absolute Gasteiger partial charge is 0.180 e. The number of fused-ring (bicyclic) bond motifs is 2. The summed E-state index contributed by atoms with van der Waals surface area (Å²) in [5.74, 6) is 0.209. The van der Waals surface area contributed by atoms with Gasteiger partial charge < -0.3 is 15.0 Å². The maximum Gasteiger partial charge on any atom is 0.180 e. The van der Waals surface area contributed by atoms with Crippen LogP contribution in [-0.2, 0) is 11.2 Å². The Morgan fingerprint density at radius 3 is 2.97 bits per heavy atom. The van der Waals surface area contributed by atoms with E-state index in [1.165, 1.54) is 23.2 Å². The molecule has 0 aliphatic heterocycles. The SMILES string of the molecule is C=C(CCOCC)c1cnc2c(NCCc3c[nH]c4ccccc34)nc(-c3cncc(F)c3)cn12. The maximum atomic E-state index is 13.9. The molecule has 1 aromatic carbocycles. The summed E-state index contributed by atoms with van der Waals surface area (Å²) >= 11 is 0.